The number of H-pyrrole nitrogens is 1. The Morgan fingerprint density at radius 1 is 1.24 bits per heavy atom. The van der Waals surface area contributed by atoms with Crippen LogP contribution in [0.3, 0.4) is 0 Å². The number of aliphatic imine (C=N–C) groups is 1. The van der Waals surface area contributed by atoms with Gasteiger partial charge < -0.3 is 15.2 Å². The highest BCUT2D eigenvalue weighted by molar-refractivity contribution is 5.83. The van der Waals surface area contributed by atoms with E-state index in [1.165, 1.54) is 10.9 Å². The van der Waals surface area contributed by atoms with Gasteiger partial charge in [0.1, 0.15) is 11.5 Å². The molecule has 0 spiro atoms. The number of rotatable bonds is 9. The van der Waals surface area contributed by atoms with Gasteiger partial charge in [0, 0.05) is 49.1 Å². The van der Waals surface area contributed by atoms with Crippen molar-refractivity contribution in [1.82, 2.24) is 24.5 Å². The van der Waals surface area contributed by atoms with Gasteiger partial charge in [-0.15, -0.1) is 0 Å². The topological polar surface area (TPSA) is 87.0 Å². The molecular weight excluding hydrogens is 424 g/mol. The summed E-state index contributed by atoms with van der Waals surface area (Å²) in [6.45, 7) is 14.8. The second kappa shape index (κ2) is 11.4. The first-order valence-electron chi connectivity index (χ1n) is 11.9. The third-order valence-electron chi connectivity index (χ3n) is 6.00. The van der Waals surface area contributed by atoms with E-state index in [2.05, 4.69) is 70.1 Å². The first kappa shape index (κ1) is 25.0. The molecule has 0 radical (unpaired) electrons. The molecular formula is C26H36N8. The van der Waals surface area contributed by atoms with Crippen molar-refractivity contribution in [1.29, 1.82) is 0 Å². The van der Waals surface area contributed by atoms with Crippen molar-refractivity contribution in [3.05, 3.63) is 54.2 Å². The summed E-state index contributed by atoms with van der Waals surface area (Å²) < 4.78 is 1.88. The minimum Gasteiger partial charge on any atom is -0.368 e. The molecule has 3 heterocycles. The Morgan fingerprint density at radius 3 is 2.68 bits per heavy atom. The van der Waals surface area contributed by atoms with Gasteiger partial charge in [0.2, 0.25) is 5.95 Å². The lowest BCUT2D eigenvalue weighted by atomic mass is 10.1. The summed E-state index contributed by atoms with van der Waals surface area (Å²) >= 11 is 0. The monoisotopic (exact) mass is 460 g/mol. The van der Waals surface area contributed by atoms with Crippen LogP contribution in [0.5, 0.6) is 0 Å². The van der Waals surface area contributed by atoms with Crippen molar-refractivity contribution in [2.45, 2.75) is 53.5 Å². The highest BCUT2D eigenvalue weighted by Crippen LogP contribution is 2.34. The minimum atomic E-state index is 0.293. The number of aryl methyl sites for hydroxylation is 1. The van der Waals surface area contributed by atoms with Crippen molar-refractivity contribution in [3.63, 3.8) is 0 Å². The van der Waals surface area contributed by atoms with E-state index < -0.39 is 0 Å². The van der Waals surface area contributed by atoms with Crippen LogP contribution < -0.4 is 10.2 Å². The summed E-state index contributed by atoms with van der Waals surface area (Å²) in [7, 11) is 2.03. The molecule has 0 aliphatic carbocycles. The molecule has 34 heavy (non-hydrogen) atoms. The summed E-state index contributed by atoms with van der Waals surface area (Å²) in [5.41, 5.74) is 3.07. The average Bonchev–Trinajstić information content (AvgIpc) is 3.50. The Hall–Kier alpha value is -3.68. The Balaban J connectivity index is 0.00000158. The third-order valence-corrected chi connectivity index (χ3v) is 6.00. The van der Waals surface area contributed by atoms with Crippen molar-refractivity contribution in [2.75, 3.05) is 23.8 Å². The maximum Gasteiger partial charge on any atom is 0.239 e. The molecule has 0 fully saturated rings. The van der Waals surface area contributed by atoms with Crippen LogP contribution in [0.25, 0.3) is 16.9 Å². The van der Waals surface area contributed by atoms with Gasteiger partial charge in [0.15, 0.2) is 11.6 Å². The second-order valence-corrected chi connectivity index (χ2v) is 7.95. The van der Waals surface area contributed by atoms with E-state index >= 15 is 0 Å². The molecule has 0 aliphatic heterocycles. The largest absolute Gasteiger partial charge is 0.368 e. The molecule has 1 unspecified atom stereocenters. The fourth-order valence-electron chi connectivity index (χ4n) is 3.78. The molecule has 0 saturated carbocycles. The number of para-hydroxylation sites is 1. The van der Waals surface area contributed by atoms with Crippen LogP contribution in [0.1, 0.15) is 45.5 Å². The smallest absolute Gasteiger partial charge is 0.239 e. The van der Waals surface area contributed by atoms with E-state index in [-0.39, 0.29) is 0 Å². The first-order chi connectivity index (χ1) is 16.5. The lowest BCUT2D eigenvalue weighted by molar-refractivity contribution is 0.655. The normalized spacial score (nSPS) is 11.6. The van der Waals surface area contributed by atoms with Crippen LogP contribution in [-0.2, 0) is 6.42 Å². The first-order valence-corrected chi connectivity index (χ1v) is 11.9. The Morgan fingerprint density at radius 2 is 2.00 bits per heavy atom. The molecule has 0 bridgehead atoms. The van der Waals surface area contributed by atoms with Gasteiger partial charge in [-0.05, 0) is 45.0 Å². The highest BCUT2D eigenvalue weighted by atomic mass is 15.3. The van der Waals surface area contributed by atoms with E-state index in [4.69, 9.17) is 9.97 Å². The molecule has 1 aromatic carbocycles. The van der Waals surface area contributed by atoms with Gasteiger partial charge in [-0.2, -0.15) is 9.97 Å². The highest BCUT2D eigenvalue weighted by Gasteiger charge is 2.21. The standard InChI is InChI=1S/C24H30N8.C2H6/c1-6-16(2)31(5)23-21(25-4)22(29-24(30-23)32-14-13-26-17(32)3)27-12-11-18-15-28-20-10-8-7-9-19(18)20;1-2/h7-10,13-16,28H,4,6,11-12H2,1-3,5H3,(H,27,29,30);1-2H3. The van der Waals surface area contributed by atoms with E-state index in [9.17, 15) is 0 Å². The molecule has 4 aromatic rings. The zero-order valence-electron chi connectivity index (χ0n) is 21.1. The van der Waals surface area contributed by atoms with Crippen LogP contribution in [0.2, 0.25) is 0 Å². The zero-order chi connectivity index (χ0) is 24.7. The van der Waals surface area contributed by atoms with Crippen molar-refractivity contribution in [2.24, 2.45) is 4.99 Å². The van der Waals surface area contributed by atoms with Crippen molar-refractivity contribution >= 4 is 34.9 Å². The lowest BCUT2D eigenvalue weighted by Gasteiger charge is -2.27. The zero-order valence-corrected chi connectivity index (χ0v) is 21.1. The number of anilines is 2. The molecule has 0 saturated heterocycles. The average molecular weight is 461 g/mol. The maximum absolute atomic E-state index is 4.83. The molecule has 0 amide bonds. The van der Waals surface area contributed by atoms with E-state index in [1.54, 1.807) is 6.20 Å². The minimum absolute atomic E-state index is 0.293. The van der Waals surface area contributed by atoms with Crippen molar-refractivity contribution < 1.29 is 0 Å². The number of fused-ring (bicyclic) bond motifs is 1. The fourth-order valence-corrected chi connectivity index (χ4v) is 3.78. The van der Waals surface area contributed by atoms with Crippen LogP contribution in [-0.4, -0.2) is 50.9 Å². The molecule has 0 aliphatic rings. The molecule has 2 N–H and O–H groups in total. The predicted molar refractivity (Wildman–Crippen MR) is 143 cm³/mol. The molecule has 8 heteroatoms. The van der Waals surface area contributed by atoms with Gasteiger partial charge in [-0.3, -0.25) is 9.56 Å². The summed E-state index contributed by atoms with van der Waals surface area (Å²) in [5, 5.41) is 4.72. The number of nitrogens with zero attached hydrogens (tertiary/aromatic N) is 6. The summed E-state index contributed by atoms with van der Waals surface area (Å²) in [6, 6.07) is 8.63. The number of imidazole rings is 1. The van der Waals surface area contributed by atoms with Crippen molar-refractivity contribution in [3.8, 4) is 5.95 Å². The Bertz CT molecular complexity index is 1220. The lowest BCUT2D eigenvalue weighted by Crippen LogP contribution is -2.29. The number of aromatic nitrogens is 5. The van der Waals surface area contributed by atoms with Crippen LogP contribution in [0.4, 0.5) is 17.3 Å². The fraction of sp³-hybridized carbons (Fsp3) is 0.385. The summed E-state index contributed by atoms with van der Waals surface area (Å²) in [4.78, 5) is 23.7. The summed E-state index contributed by atoms with van der Waals surface area (Å²) in [5.74, 6) is 2.81. The van der Waals surface area contributed by atoms with Gasteiger partial charge in [-0.1, -0.05) is 39.0 Å². The van der Waals surface area contributed by atoms with E-state index in [0.29, 0.717) is 30.0 Å². The number of nitrogens with one attached hydrogen (secondary N) is 2. The van der Waals surface area contributed by atoms with E-state index in [1.807, 2.05) is 44.6 Å². The molecule has 180 valence electrons. The number of hydrogen-bond acceptors (Lipinski definition) is 6. The molecule has 1 atom stereocenters. The Kier molecular flexibility index (Phi) is 8.40. The maximum atomic E-state index is 4.83. The summed E-state index contributed by atoms with van der Waals surface area (Å²) in [6.07, 6.45) is 7.52. The third kappa shape index (κ3) is 5.11. The molecule has 4 rings (SSSR count). The number of hydrogen-bond donors (Lipinski definition) is 2. The van der Waals surface area contributed by atoms with Gasteiger partial charge >= 0.3 is 0 Å². The van der Waals surface area contributed by atoms with Crippen LogP contribution >= 0.6 is 0 Å². The van der Waals surface area contributed by atoms with Crippen LogP contribution in [0, 0.1) is 6.92 Å². The second-order valence-electron chi connectivity index (χ2n) is 7.95. The predicted octanol–water partition coefficient (Wildman–Crippen LogP) is 5.70. The Labute approximate surface area is 202 Å². The molecule has 8 nitrogen and oxygen atoms in total. The quantitative estimate of drug-likeness (QED) is 0.313. The molecule has 3 aromatic heterocycles. The van der Waals surface area contributed by atoms with Gasteiger partial charge in [0.25, 0.3) is 0 Å². The van der Waals surface area contributed by atoms with Gasteiger partial charge in [-0.25, -0.2) is 4.98 Å². The van der Waals surface area contributed by atoms with E-state index in [0.717, 1.165) is 30.0 Å². The SMILES string of the molecule is C=Nc1c(NCCc2c[nH]c3ccccc23)nc(-n2ccnc2C)nc1N(C)C(C)CC.CC. The van der Waals surface area contributed by atoms with Gasteiger partial charge in [0.05, 0.1) is 0 Å². The van der Waals surface area contributed by atoms with Crippen LogP contribution in [0.15, 0.2) is 47.8 Å². The number of benzene rings is 1. The number of aromatic amines is 1.